The Labute approximate surface area is 187 Å². The highest BCUT2D eigenvalue weighted by molar-refractivity contribution is 5.80. The van der Waals surface area contributed by atoms with E-state index in [4.69, 9.17) is 0 Å². The normalized spacial score (nSPS) is 27.8. The lowest BCUT2D eigenvalue weighted by Gasteiger charge is -2.34. The van der Waals surface area contributed by atoms with Gasteiger partial charge in [0.2, 0.25) is 11.8 Å². The molecule has 0 radical (unpaired) electrons. The fraction of sp³-hybridized carbons (Fsp3) is 0.727. The van der Waals surface area contributed by atoms with Crippen molar-refractivity contribution in [2.45, 2.75) is 81.6 Å². The van der Waals surface area contributed by atoms with Crippen LogP contribution in [-0.2, 0) is 4.79 Å². The number of H-pyrrole nitrogens is 1. The van der Waals surface area contributed by atoms with Crippen molar-refractivity contribution >= 4 is 16.9 Å². The minimum Gasteiger partial charge on any atom is -0.342 e. The van der Waals surface area contributed by atoms with Gasteiger partial charge in [-0.15, -0.1) is 0 Å². The molecule has 2 aromatic heterocycles. The van der Waals surface area contributed by atoms with Gasteiger partial charge >= 0.3 is 0 Å². The third kappa shape index (κ3) is 4.26. The van der Waals surface area contributed by atoms with E-state index in [1.807, 2.05) is 0 Å². The Hall–Kier alpha value is -2.46. The second-order valence-electron chi connectivity index (χ2n) is 9.69. The zero-order chi connectivity index (χ0) is 23.4. The number of nitrogens with zero attached hydrogens (tertiary/aromatic N) is 4. The van der Waals surface area contributed by atoms with Crippen LogP contribution < -0.4 is 5.56 Å². The van der Waals surface area contributed by atoms with Crippen molar-refractivity contribution in [3.8, 4) is 0 Å². The number of nitrogens with one attached hydrogen (secondary N) is 1. The Morgan fingerprint density at radius 3 is 2.36 bits per heavy atom. The molecule has 1 saturated heterocycles. The summed E-state index contributed by atoms with van der Waals surface area (Å²) in [5.41, 5.74) is -0.0298. The number of hydrogen-bond acceptors (Lipinski definition) is 4. The van der Waals surface area contributed by atoms with E-state index in [9.17, 15) is 27.2 Å². The Kier molecular flexibility index (Phi) is 5.48. The number of alkyl halides is 4. The molecule has 0 aromatic carbocycles. The maximum Gasteiger partial charge on any atom is 0.262 e. The first-order chi connectivity index (χ1) is 15.6. The molecule has 2 aromatic rings. The summed E-state index contributed by atoms with van der Waals surface area (Å²) in [4.78, 5) is 34.9. The Balaban J connectivity index is 1.41. The van der Waals surface area contributed by atoms with E-state index in [2.05, 4.69) is 15.1 Å². The maximum absolute atomic E-state index is 13.6. The van der Waals surface area contributed by atoms with Gasteiger partial charge in [-0.05, 0) is 25.7 Å². The molecule has 2 aliphatic carbocycles. The van der Waals surface area contributed by atoms with Crippen LogP contribution in [0, 0.1) is 5.92 Å². The van der Waals surface area contributed by atoms with Crippen molar-refractivity contribution in [1.82, 2.24) is 24.6 Å². The number of carbonyl (C=O) groups is 1. The number of likely N-dealkylation sites (tertiary alicyclic amines) is 1. The quantitative estimate of drug-likeness (QED) is 0.689. The summed E-state index contributed by atoms with van der Waals surface area (Å²) >= 11 is 0. The predicted molar refractivity (Wildman–Crippen MR) is 111 cm³/mol. The monoisotopic (exact) mass is 469 g/mol. The molecule has 3 fully saturated rings. The number of halogens is 4. The molecule has 0 spiro atoms. The van der Waals surface area contributed by atoms with Gasteiger partial charge in [0, 0.05) is 50.6 Å². The van der Waals surface area contributed by atoms with Gasteiger partial charge in [-0.3, -0.25) is 9.59 Å². The topological polar surface area (TPSA) is 83.9 Å². The van der Waals surface area contributed by atoms with Crippen molar-refractivity contribution < 1.29 is 22.4 Å². The number of fused-ring (bicyclic) bond motifs is 1. The average Bonchev–Trinajstić information content (AvgIpc) is 3.41. The molecular formula is C22H27F4N5O2. The Morgan fingerprint density at radius 2 is 1.67 bits per heavy atom. The van der Waals surface area contributed by atoms with Crippen molar-refractivity contribution in [3.05, 3.63) is 22.4 Å². The van der Waals surface area contributed by atoms with Gasteiger partial charge in [-0.1, -0.05) is 6.42 Å². The van der Waals surface area contributed by atoms with Gasteiger partial charge in [-0.25, -0.2) is 27.2 Å². The molecule has 1 aliphatic heterocycles. The lowest BCUT2D eigenvalue weighted by molar-refractivity contribution is -0.141. The van der Waals surface area contributed by atoms with Crippen molar-refractivity contribution in [3.63, 3.8) is 0 Å². The highest BCUT2D eigenvalue weighted by Crippen LogP contribution is 2.41. The summed E-state index contributed by atoms with van der Waals surface area (Å²) in [6.45, 7) is 0.0498. The summed E-state index contributed by atoms with van der Waals surface area (Å²) < 4.78 is 55.8. The molecule has 3 aliphatic rings. The maximum atomic E-state index is 13.6. The van der Waals surface area contributed by atoms with E-state index < -0.39 is 17.8 Å². The summed E-state index contributed by atoms with van der Waals surface area (Å²) in [5.74, 6) is -5.94. The van der Waals surface area contributed by atoms with Gasteiger partial charge in [0.1, 0.15) is 11.2 Å². The Morgan fingerprint density at radius 1 is 1.00 bits per heavy atom. The largest absolute Gasteiger partial charge is 0.342 e. The molecule has 3 heterocycles. The van der Waals surface area contributed by atoms with Crippen molar-refractivity contribution in [1.29, 1.82) is 0 Å². The van der Waals surface area contributed by atoms with E-state index in [0.29, 0.717) is 24.3 Å². The molecule has 180 valence electrons. The molecule has 2 saturated carbocycles. The van der Waals surface area contributed by atoms with E-state index in [1.165, 1.54) is 11.1 Å². The van der Waals surface area contributed by atoms with E-state index in [1.54, 1.807) is 4.68 Å². The second-order valence-corrected chi connectivity index (χ2v) is 9.69. The first-order valence-corrected chi connectivity index (χ1v) is 11.7. The lowest BCUT2D eigenvalue weighted by atomic mass is 9.92. The molecule has 33 heavy (non-hydrogen) atoms. The Bertz CT molecular complexity index is 1090. The molecule has 0 bridgehead atoms. The third-order valence-corrected chi connectivity index (χ3v) is 7.51. The molecular weight excluding hydrogens is 442 g/mol. The highest BCUT2D eigenvalue weighted by atomic mass is 19.3. The van der Waals surface area contributed by atoms with Crippen molar-refractivity contribution in [2.75, 3.05) is 13.1 Å². The number of aromatic amines is 1. The lowest BCUT2D eigenvalue weighted by Crippen LogP contribution is -2.45. The molecule has 11 heteroatoms. The van der Waals surface area contributed by atoms with Gasteiger partial charge < -0.3 is 9.88 Å². The number of carbonyl (C=O) groups excluding carboxylic acids is 1. The van der Waals surface area contributed by atoms with E-state index >= 15 is 0 Å². The number of rotatable bonds is 3. The fourth-order valence-electron chi connectivity index (χ4n) is 5.54. The molecule has 7 nitrogen and oxygen atoms in total. The van der Waals surface area contributed by atoms with Crippen molar-refractivity contribution in [2.24, 2.45) is 5.92 Å². The van der Waals surface area contributed by atoms with Crippen LogP contribution in [0.3, 0.4) is 0 Å². The zero-order valence-electron chi connectivity index (χ0n) is 18.2. The van der Waals surface area contributed by atoms with Gasteiger partial charge in [0.15, 0.2) is 5.65 Å². The number of aromatic nitrogens is 4. The average molecular weight is 469 g/mol. The van der Waals surface area contributed by atoms with Crippen LogP contribution in [0.15, 0.2) is 11.0 Å². The summed E-state index contributed by atoms with van der Waals surface area (Å²) in [6.07, 6.45) is 2.79. The third-order valence-electron chi connectivity index (χ3n) is 7.51. The van der Waals surface area contributed by atoms with Crippen LogP contribution in [0.1, 0.15) is 75.6 Å². The van der Waals surface area contributed by atoms with Gasteiger partial charge in [-0.2, -0.15) is 5.10 Å². The minimum absolute atomic E-state index is 0.0249. The molecule has 5 rings (SSSR count). The van der Waals surface area contributed by atoms with Gasteiger partial charge in [0.25, 0.3) is 11.5 Å². The molecule has 2 atom stereocenters. The zero-order valence-corrected chi connectivity index (χ0v) is 18.2. The summed E-state index contributed by atoms with van der Waals surface area (Å²) in [7, 11) is 0. The second kappa shape index (κ2) is 8.09. The highest BCUT2D eigenvalue weighted by Gasteiger charge is 2.42. The number of amides is 1. The smallest absolute Gasteiger partial charge is 0.262 e. The summed E-state index contributed by atoms with van der Waals surface area (Å²) in [6, 6.07) is -0.264. The predicted octanol–water partition coefficient (Wildman–Crippen LogP) is 4.01. The van der Waals surface area contributed by atoms with Crippen LogP contribution >= 0.6 is 0 Å². The fourth-order valence-corrected chi connectivity index (χ4v) is 5.54. The molecule has 1 amide bonds. The molecule has 0 unspecified atom stereocenters. The standard InChI is InChI=1S/C22H27F4N5O2/c23-21(24)6-4-13(5-7-21)31-18-16(12-27-31)19(32)29-17(28-18)14-2-1-3-15(14)20(33)30-10-8-22(25,26)9-11-30/h12-15H,1-11H2,(H,28,29,32)/t14-,15-/m0/s1. The number of hydrogen-bond donors (Lipinski definition) is 1. The first-order valence-electron chi connectivity index (χ1n) is 11.7. The van der Waals surface area contributed by atoms with Crippen LogP contribution in [0.5, 0.6) is 0 Å². The van der Waals surface area contributed by atoms with Crippen LogP contribution in [0.4, 0.5) is 17.6 Å². The van der Waals surface area contributed by atoms with Crippen LogP contribution in [0.25, 0.3) is 11.0 Å². The van der Waals surface area contributed by atoms with Crippen LogP contribution in [0.2, 0.25) is 0 Å². The molecule has 1 N–H and O–H groups in total. The van der Waals surface area contributed by atoms with E-state index in [-0.39, 0.29) is 80.4 Å². The SMILES string of the molecule is O=C([C@H]1CCC[C@@H]1c1nc2c(cnn2C2CCC(F)(F)CC2)c(=O)[nH]1)N1CCC(F)(F)CC1. The van der Waals surface area contributed by atoms with Gasteiger partial charge in [0.05, 0.1) is 12.2 Å². The first kappa shape index (κ1) is 22.3. The minimum atomic E-state index is -2.73. The van der Waals surface area contributed by atoms with Crippen LogP contribution in [-0.4, -0.2) is 55.5 Å². The number of piperidine rings is 1. The van der Waals surface area contributed by atoms with E-state index in [0.717, 1.165) is 6.42 Å². The summed E-state index contributed by atoms with van der Waals surface area (Å²) in [5, 5.41) is 4.57.